The van der Waals surface area contributed by atoms with Gasteiger partial charge in [0.15, 0.2) is 5.69 Å². The molecule has 0 bridgehead atoms. The van der Waals surface area contributed by atoms with E-state index in [1.165, 1.54) is 23.9 Å². The summed E-state index contributed by atoms with van der Waals surface area (Å²) in [4.78, 5) is 28.1. The third-order valence-electron chi connectivity index (χ3n) is 5.21. The molecule has 0 radical (unpaired) electrons. The standard InChI is InChI=1S/C20H22N4O3/c25-19-15-9-3-4-10-16(15)20(26)18-17(19)21-24(27)23(18)14-8-2-7-13-22-11-5-1-6-12-22/h2-4,7,9-10H,1,5-6,8,11-14H2/b7-2-. The second kappa shape index (κ2) is 7.44. The molecule has 0 saturated carbocycles. The van der Waals surface area contributed by atoms with Crippen molar-refractivity contribution in [2.24, 2.45) is 0 Å². The van der Waals surface area contributed by atoms with Crippen LogP contribution in [0.15, 0.2) is 36.4 Å². The van der Waals surface area contributed by atoms with Crippen molar-refractivity contribution in [2.45, 2.75) is 32.2 Å². The van der Waals surface area contributed by atoms with Crippen LogP contribution in [-0.4, -0.2) is 45.9 Å². The number of hydrogen-bond acceptors (Lipinski definition) is 5. The van der Waals surface area contributed by atoms with Gasteiger partial charge < -0.3 is 5.21 Å². The maximum Gasteiger partial charge on any atom is 0.220 e. The lowest BCUT2D eigenvalue weighted by atomic mass is 9.90. The highest BCUT2D eigenvalue weighted by atomic mass is 16.5. The van der Waals surface area contributed by atoms with Gasteiger partial charge in [-0.05, 0) is 32.4 Å². The summed E-state index contributed by atoms with van der Waals surface area (Å²) in [5.74, 6) is -0.691. The third kappa shape index (κ3) is 3.30. The molecule has 1 saturated heterocycles. The molecule has 0 amide bonds. The van der Waals surface area contributed by atoms with Crippen molar-refractivity contribution < 1.29 is 14.5 Å². The second-order valence-electron chi connectivity index (χ2n) is 7.00. The van der Waals surface area contributed by atoms with Gasteiger partial charge in [0.05, 0.1) is 6.54 Å². The van der Waals surface area contributed by atoms with E-state index < -0.39 is 0 Å². The van der Waals surface area contributed by atoms with Gasteiger partial charge in [-0.3, -0.25) is 14.5 Å². The fourth-order valence-electron chi connectivity index (χ4n) is 3.78. The number of ketones is 2. The lowest BCUT2D eigenvalue weighted by Gasteiger charge is -2.24. The number of allylic oxidation sites excluding steroid dienone is 1. The van der Waals surface area contributed by atoms with Crippen LogP contribution in [0.25, 0.3) is 0 Å². The van der Waals surface area contributed by atoms with Gasteiger partial charge in [-0.25, -0.2) is 0 Å². The summed E-state index contributed by atoms with van der Waals surface area (Å²) in [7, 11) is 0. The van der Waals surface area contributed by atoms with Gasteiger partial charge in [0.25, 0.3) is 0 Å². The molecule has 2 aliphatic rings. The summed E-state index contributed by atoms with van der Waals surface area (Å²) >= 11 is 0. The van der Waals surface area contributed by atoms with Crippen molar-refractivity contribution in [3.05, 3.63) is 64.1 Å². The first kappa shape index (κ1) is 17.6. The molecule has 0 spiro atoms. The highest BCUT2D eigenvalue weighted by Crippen LogP contribution is 2.25. The van der Waals surface area contributed by atoms with E-state index >= 15 is 0 Å². The van der Waals surface area contributed by atoms with Gasteiger partial charge in [-0.1, -0.05) is 42.8 Å². The van der Waals surface area contributed by atoms with Gasteiger partial charge in [0, 0.05) is 27.7 Å². The van der Waals surface area contributed by atoms with Crippen LogP contribution >= 0.6 is 0 Å². The Labute approximate surface area is 157 Å². The Hall–Kier alpha value is -2.80. The Kier molecular flexibility index (Phi) is 4.85. The topological polar surface area (TPSA) is 82.1 Å². The number of likely N-dealkylation sites (tertiary alicyclic amines) is 1. The van der Waals surface area contributed by atoms with Crippen molar-refractivity contribution in [2.75, 3.05) is 19.6 Å². The summed E-state index contributed by atoms with van der Waals surface area (Å²) in [5.41, 5.74) is 0.684. The molecule has 1 aliphatic carbocycles. The van der Waals surface area contributed by atoms with Crippen LogP contribution < -0.4 is 4.96 Å². The number of carbonyl (C=O) groups is 2. The molecule has 7 nitrogen and oxygen atoms in total. The van der Waals surface area contributed by atoms with E-state index in [4.69, 9.17) is 0 Å². The fraction of sp³-hybridized carbons (Fsp3) is 0.400. The van der Waals surface area contributed by atoms with E-state index in [2.05, 4.69) is 16.1 Å². The van der Waals surface area contributed by atoms with E-state index in [-0.39, 0.29) is 23.0 Å². The number of nitrogens with zero attached hydrogens (tertiary/aromatic N) is 4. The summed E-state index contributed by atoms with van der Waals surface area (Å²) in [6.45, 7) is 3.49. The van der Waals surface area contributed by atoms with Crippen LogP contribution in [0.3, 0.4) is 0 Å². The molecule has 4 rings (SSSR count). The molecular formula is C20H22N4O3. The minimum Gasteiger partial charge on any atom is -0.571 e. The maximum absolute atomic E-state index is 12.8. The number of aromatic nitrogens is 3. The van der Waals surface area contributed by atoms with Crippen molar-refractivity contribution >= 4 is 11.6 Å². The molecule has 27 heavy (non-hydrogen) atoms. The van der Waals surface area contributed by atoms with Crippen LogP contribution in [0.2, 0.25) is 0 Å². The largest absolute Gasteiger partial charge is 0.571 e. The van der Waals surface area contributed by atoms with Gasteiger partial charge in [-0.15, -0.1) is 4.68 Å². The van der Waals surface area contributed by atoms with Gasteiger partial charge >= 0.3 is 0 Å². The van der Waals surface area contributed by atoms with Gasteiger partial charge in [0.2, 0.25) is 17.3 Å². The number of carbonyl (C=O) groups excluding carboxylic acids is 2. The van der Waals surface area contributed by atoms with Crippen LogP contribution in [0, 0.1) is 5.21 Å². The third-order valence-corrected chi connectivity index (χ3v) is 5.21. The summed E-state index contributed by atoms with van der Waals surface area (Å²) < 4.78 is 1.26. The predicted molar refractivity (Wildman–Crippen MR) is 98.5 cm³/mol. The van der Waals surface area contributed by atoms with Crippen LogP contribution in [0.1, 0.15) is 57.8 Å². The summed E-state index contributed by atoms with van der Waals surface area (Å²) in [6, 6.07) is 6.62. The van der Waals surface area contributed by atoms with Crippen LogP contribution in [0.5, 0.6) is 0 Å². The Morgan fingerprint density at radius 2 is 1.74 bits per heavy atom. The quantitative estimate of drug-likeness (QED) is 0.390. The second-order valence-corrected chi connectivity index (χ2v) is 7.00. The minimum atomic E-state index is -0.371. The normalized spacial score (nSPS) is 17.3. The molecule has 0 N–H and O–H groups in total. The average Bonchev–Trinajstić information content (AvgIpc) is 3.03. The van der Waals surface area contributed by atoms with Crippen LogP contribution in [-0.2, 0) is 6.54 Å². The zero-order valence-electron chi connectivity index (χ0n) is 15.1. The zero-order chi connectivity index (χ0) is 18.8. The highest BCUT2D eigenvalue weighted by Gasteiger charge is 2.38. The Morgan fingerprint density at radius 1 is 1.04 bits per heavy atom. The van der Waals surface area contributed by atoms with Crippen molar-refractivity contribution in [1.29, 1.82) is 0 Å². The lowest BCUT2D eigenvalue weighted by molar-refractivity contribution is -0.749. The molecule has 1 aliphatic heterocycles. The van der Waals surface area contributed by atoms with Crippen molar-refractivity contribution in [3.63, 3.8) is 0 Å². The van der Waals surface area contributed by atoms with Crippen LogP contribution in [0.4, 0.5) is 0 Å². The fourth-order valence-corrected chi connectivity index (χ4v) is 3.78. The monoisotopic (exact) mass is 366 g/mol. The van der Waals surface area contributed by atoms with Crippen molar-refractivity contribution in [3.8, 4) is 0 Å². The maximum atomic E-state index is 12.8. The highest BCUT2D eigenvalue weighted by molar-refractivity contribution is 6.26. The van der Waals surface area contributed by atoms with E-state index in [0.717, 1.165) is 19.6 Å². The molecule has 0 atom stereocenters. The van der Waals surface area contributed by atoms with E-state index in [9.17, 15) is 14.8 Å². The van der Waals surface area contributed by atoms with Crippen molar-refractivity contribution in [1.82, 2.24) is 14.7 Å². The number of rotatable bonds is 5. The first-order valence-electron chi connectivity index (χ1n) is 9.43. The Bertz CT molecular complexity index is 910. The van der Waals surface area contributed by atoms with E-state index in [0.29, 0.717) is 29.1 Å². The molecule has 0 unspecified atom stereocenters. The first-order chi connectivity index (χ1) is 13.2. The molecule has 1 aromatic heterocycles. The molecule has 140 valence electrons. The summed E-state index contributed by atoms with van der Waals surface area (Å²) in [6.07, 6.45) is 8.54. The van der Waals surface area contributed by atoms with E-state index in [1.807, 2.05) is 6.08 Å². The molecule has 2 heterocycles. The molecule has 7 heteroatoms. The predicted octanol–water partition coefficient (Wildman–Crippen LogP) is 1.72. The first-order valence-corrected chi connectivity index (χ1v) is 9.43. The molecule has 1 fully saturated rings. The van der Waals surface area contributed by atoms with E-state index in [1.54, 1.807) is 24.3 Å². The number of piperidine rings is 1. The number of hydrogen-bond donors (Lipinski definition) is 0. The van der Waals surface area contributed by atoms with Gasteiger partial charge in [-0.2, -0.15) is 0 Å². The summed E-state index contributed by atoms with van der Waals surface area (Å²) in [5, 5.41) is 16.0. The zero-order valence-corrected chi connectivity index (χ0v) is 15.1. The number of fused-ring (bicyclic) bond motifs is 2. The molecule has 2 aromatic rings. The SMILES string of the molecule is O=C1c2ccccc2C(=O)c2c1n[n+]([O-])n2CC/C=C\CN1CCCCC1. The minimum absolute atomic E-state index is 0.0500. The van der Waals surface area contributed by atoms with Gasteiger partial charge in [0.1, 0.15) is 0 Å². The lowest BCUT2D eigenvalue weighted by Crippen LogP contribution is -2.41. The average molecular weight is 366 g/mol. The Balaban J connectivity index is 1.48. The number of benzene rings is 1. The molecular weight excluding hydrogens is 344 g/mol. The smallest absolute Gasteiger partial charge is 0.220 e. The Morgan fingerprint density at radius 3 is 2.48 bits per heavy atom. The molecule has 1 aromatic carbocycles.